The summed E-state index contributed by atoms with van der Waals surface area (Å²) in [5, 5.41) is 6.41. The average Bonchev–Trinajstić information content (AvgIpc) is 3.89. The lowest BCUT2D eigenvalue weighted by Crippen LogP contribution is -2.60. The van der Waals surface area contributed by atoms with Gasteiger partial charge in [-0.15, -0.1) is 6.58 Å². The van der Waals surface area contributed by atoms with Gasteiger partial charge in [-0.2, -0.15) is 0 Å². The quantitative estimate of drug-likeness (QED) is 0.326. The van der Waals surface area contributed by atoms with Crippen molar-refractivity contribution in [2.24, 2.45) is 16.7 Å². The van der Waals surface area contributed by atoms with Gasteiger partial charge in [0.25, 0.3) is 5.91 Å². The average molecular weight is 770 g/mol. The summed E-state index contributed by atoms with van der Waals surface area (Å²) >= 11 is 0. The number of fused-ring (bicyclic) bond motifs is 3. The van der Waals surface area contributed by atoms with Gasteiger partial charge in [-0.3, -0.25) is 19.1 Å². The molecule has 0 spiro atoms. The molecule has 4 amide bonds. The van der Waals surface area contributed by atoms with Gasteiger partial charge in [-0.1, -0.05) is 54.0 Å². The highest BCUT2D eigenvalue weighted by atomic mass is 32.2. The number of nitrogens with one attached hydrogen (secondary N) is 3. The third-order valence-electron chi connectivity index (χ3n) is 10.5. The minimum Gasteiger partial charge on any atom is -0.496 e. The molecule has 4 bridgehead atoms. The van der Waals surface area contributed by atoms with Crippen LogP contribution in [-0.2, 0) is 35.6 Å². The maximum absolute atomic E-state index is 14.6. The fourth-order valence-electron chi connectivity index (χ4n) is 6.94. The maximum atomic E-state index is 14.6. The van der Waals surface area contributed by atoms with E-state index in [0.717, 1.165) is 47.8 Å². The Hall–Kier alpha value is -4.40. The summed E-state index contributed by atoms with van der Waals surface area (Å²) in [6.07, 6.45) is 5.76. The lowest BCUT2D eigenvalue weighted by Gasteiger charge is -2.35. The van der Waals surface area contributed by atoms with Crippen LogP contribution in [0.15, 0.2) is 37.1 Å². The molecule has 1 unspecified atom stereocenters. The number of aromatic nitrogens is 1. The van der Waals surface area contributed by atoms with Crippen LogP contribution in [0.1, 0.15) is 85.6 Å². The minimum absolute atomic E-state index is 0.0192. The van der Waals surface area contributed by atoms with Crippen molar-refractivity contribution < 1.29 is 41.8 Å². The van der Waals surface area contributed by atoms with Gasteiger partial charge in [0, 0.05) is 23.9 Å². The molecule has 5 atom stereocenters. The van der Waals surface area contributed by atoms with E-state index in [9.17, 15) is 27.6 Å². The van der Waals surface area contributed by atoms with Crippen molar-refractivity contribution in [2.45, 2.75) is 116 Å². The van der Waals surface area contributed by atoms with E-state index in [4.69, 9.17) is 14.2 Å². The fourth-order valence-corrected chi connectivity index (χ4v) is 8.27. The summed E-state index contributed by atoms with van der Waals surface area (Å²) in [5.74, 6) is -1.73. The Morgan fingerprint density at radius 2 is 1.91 bits per heavy atom. The predicted molar refractivity (Wildman–Crippen MR) is 203 cm³/mol. The molecule has 0 radical (unpaired) electrons. The summed E-state index contributed by atoms with van der Waals surface area (Å²) in [6.45, 7) is 14.9. The number of rotatable bonds is 8. The van der Waals surface area contributed by atoms with Crippen molar-refractivity contribution in [3.63, 3.8) is 0 Å². The van der Waals surface area contributed by atoms with Crippen molar-refractivity contribution in [2.75, 3.05) is 20.3 Å². The molecule has 14 nitrogen and oxygen atoms in total. The first kappa shape index (κ1) is 40.8. The van der Waals surface area contributed by atoms with Crippen LogP contribution in [0.3, 0.4) is 0 Å². The number of hydrogen-bond donors (Lipinski definition) is 3. The van der Waals surface area contributed by atoms with Crippen LogP contribution in [0, 0.1) is 16.7 Å². The number of nitrogens with zero attached hydrogens (tertiary/aromatic N) is 2. The highest BCUT2D eigenvalue weighted by molar-refractivity contribution is 7.90. The minimum atomic E-state index is -3.91. The Balaban J connectivity index is 1.52. The van der Waals surface area contributed by atoms with E-state index in [1.807, 2.05) is 32.0 Å². The van der Waals surface area contributed by atoms with E-state index >= 15 is 0 Å². The Kier molecular flexibility index (Phi) is 12.2. The summed E-state index contributed by atoms with van der Waals surface area (Å²) in [7, 11) is -2.28. The molecule has 3 aliphatic rings. The standard InChI is InChI=1S/C39H55N5O9S/c1-9-23(2)31(34(46)43-54(49,50)27-13-14-27)41-33(45)29-20-26-21-44(29)36(47)32(38(3,4)5)42-37(48)52-22-39(6,7)16-11-10-12-25-18-28-24(19-30(25)51-8)15-17-40-35(28)53-26/h9,15,17-19,23,26-27,29,31-32H,1,10-14,16,20-22H2,2-8H3,(H,41,45)(H,42,48)(H,43,46)/t23-,26+,29-,31?,32+/m0/s1. The monoisotopic (exact) mass is 769 g/mol. The lowest BCUT2D eigenvalue weighted by atomic mass is 9.85. The molecule has 296 valence electrons. The van der Waals surface area contributed by atoms with Gasteiger partial charge in [-0.25, -0.2) is 18.2 Å². The van der Waals surface area contributed by atoms with Crippen molar-refractivity contribution in [1.82, 2.24) is 25.2 Å². The smallest absolute Gasteiger partial charge is 0.407 e. The van der Waals surface area contributed by atoms with Gasteiger partial charge in [0.1, 0.15) is 30.0 Å². The number of cyclic esters (lactones) is 1. The molecular formula is C39H55N5O9S. The number of ether oxygens (including phenoxy) is 3. The molecule has 2 aliphatic heterocycles. The van der Waals surface area contributed by atoms with E-state index in [-0.39, 0.29) is 25.0 Å². The molecule has 3 heterocycles. The van der Waals surface area contributed by atoms with Gasteiger partial charge in [0.2, 0.25) is 27.7 Å². The SMILES string of the molecule is C=C[C@H](C)C(NC(=O)[C@@H]1C[C@@H]2CN1C(=O)[C@H](C(C)(C)C)NC(=O)OCC(C)(C)CCCCc1cc3c(nccc3cc1OC)O2)C(=O)NS(=O)(=O)C1CC1. The van der Waals surface area contributed by atoms with Crippen LogP contribution in [0.4, 0.5) is 4.79 Å². The van der Waals surface area contributed by atoms with Gasteiger partial charge < -0.3 is 29.7 Å². The molecule has 1 aromatic heterocycles. The number of sulfonamides is 1. The Labute approximate surface area is 318 Å². The van der Waals surface area contributed by atoms with Crippen LogP contribution < -0.4 is 24.8 Å². The van der Waals surface area contributed by atoms with Crippen molar-refractivity contribution in [3.05, 3.63) is 42.6 Å². The molecular weight excluding hydrogens is 715 g/mol. The number of methoxy groups -OCH3 is 1. The molecule has 1 saturated heterocycles. The molecule has 15 heteroatoms. The molecule has 1 aliphatic carbocycles. The number of alkyl carbamates (subject to hydrolysis) is 1. The highest BCUT2D eigenvalue weighted by Crippen LogP contribution is 2.35. The Morgan fingerprint density at radius 1 is 1.19 bits per heavy atom. The van der Waals surface area contributed by atoms with Crippen molar-refractivity contribution >= 4 is 44.6 Å². The predicted octanol–water partition coefficient (Wildman–Crippen LogP) is 4.40. The first-order valence-electron chi connectivity index (χ1n) is 18.7. The lowest BCUT2D eigenvalue weighted by molar-refractivity contribution is -0.142. The number of carbonyl (C=O) groups is 4. The number of aryl methyl sites for hydroxylation is 1. The number of benzene rings is 1. The third kappa shape index (κ3) is 9.63. The topological polar surface area (TPSA) is 182 Å². The van der Waals surface area contributed by atoms with E-state index in [1.165, 1.54) is 11.0 Å². The van der Waals surface area contributed by atoms with E-state index in [0.29, 0.717) is 18.7 Å². The van der Waals surface area contributed by atoms with Gasteiger partial charge in [0.15, 0.2) is 0 Å². The summed E-state index contributed by atoms with van der Waals surface area (Å²) in [6, 6.07) is 2.24. The number of carbonyl (C=O) groups excluding carboxylic acids is 4. The zero-order valence-corrected chi connectivity index (χ0v) is 33.2. The van der Waals surface area contributed by atoms with Gasteiger partial charge in [0.05, 0.1) is 25.5 Å². The van der Waals surface area contributed by atoms with Crippen LogP contribution in [0.2, 0.25) is 0 Å². The molecule has 54 heavy (non-hydrogen) atoms. The van der Waals surface area contributed by atoms with E-state index in [2.05, 4.69) is 26.9 Å². The molecule has 5 rings (SSSR count). The van der Waals surface area contributed by atoms with Crippen LogP contribution in [0.25, 0.3) is 10.8 Å². The summed E-state index contributed by atoms with van der Waals surface area (Å²) < 4.78 is 45.4. The normalized spacial score (nSPS) is 23.8. The summed E-state index contributed by atoms with van der Waals surface area (Å²) in [4.78, 5) is 61.4. The van der Waals surface area contributed by atoms with Gasteiger partial charge >= 0.3 is 6.09 Å². The van der Waals surface area contributed by atoms with E-state index in [1.54, 1.807) is 41.0 Å². The van der Waals surface area contributed by atoms with Crippen molar-refractivity contribution in [1.29, 1.82) is 0 Å². The number of hydrogen-bond acceptors (Lipinski definition) is 10. The number of amides is 4. The van der Waals surface area contributed by atoms with Crippen LogP contribution in [0.5, 0.6) is 11.6 Å². The van der Waals surface area contributed by atoms with E-state index < -0.39 is 74.7 Å². The Bertz CT molecular complexity index is 1870. The zero-order chi connectivity index (χ0) is 39.6. The highest BCUT2D eigenvalue weighted by Gasteiger charge is 2.47. The molecule has 1 aromatic carbocycles. The van der Waals surface area contributed by atoms with Crippen molar-refractivity contribution in [3.8, 4) is 11.6 Å². The molecule has 1 saturated carbocycles. The maximum Gasteiger partial charge on any atom is 0.407 e. The molecule has 2 aromatic rings. The first-order chi connectivity index (χ1) is 25.3. The third-order valence-corrected chi connectivity index (χ3v) is 12.3. The number of pyridine rings is 1. The second-order valence-corrected chi connectivity index (χ2v) is 18.6. The first-order valence-corrected chi connectivity index (χ1v) is 20.2. The second kappa shape index (κ2) is 16.1. The summed E-state index contributed by atoms with van der Waals surface area (Å²) in [5.41, 5.74) is -0.171. The van der Waals surface area contributed by atoms with Gasteiger partial charge in [-0.05, 0) is 72.1 Å². The Morgan fingerprint density at radius 3 is 2.56 bits per heavy atom. The molecule has 3 N–H and O–H groups in total. The zero-order valence-electron chi connectivity index (χ0n) is 32.4. The van der Waals surface area contributed by atoms with Crippen LogP contribution in [-0.4, -0.2) is 91.9 Å². The van der Waals surface area contributed by atoms with Crippen LogP contribution >= 0.6 is 0 Å². The molecule has 2 fully saturated rings. The largest absolute Gasteiger partial charge is 0.496 e. The fraction of sp³-hybridized carbons (Fsp3) is 0.615. The second-order valence-electron chi connectivity index (χ2n) is 16.7.